The minimum absolute atomic E-state index is 0.0811. The van der Waals surface area contributed by atoms with Crippen LogP contribution in [0.2, 0.25) is 0 Å². The maximum absolute atomic E-state index is 12.4. The Labute approximate surface area is 144 Å². The summed E-state index contributed by atoms with van der Waals surface area (Å²) in [5, 5.41) is 19.2. The van der Waals surface area contributed by atoms with Gasteiger partial charge >= 0.3 is 0 Å². The van der Waals surface area contributed by atoms with Crippen LogP contribution in [0.25, 0.3) is 5.82 Å². The molecule has 10 heteroatoms. The first-order valence-corrected chi connectivity index (χ1v) is 8.22. The molecule has 0 saturated carbocycles. The monoisotopic (exact) mass is 344 g/mol. The van der Waals surface area contributed by atoms with Crippen LogP contribution in [0, 0.1) is 5.92 Å². The fourth-order valence-corrected chi connectivity index (χ4v) is 2.65. The Balaban J connectivity index is 1.76. The number of allylic oxidation sites excluding steroid dienone is 2. The maximum Gasteiger partial charge on any atom is 0.293 e. The third-order valence-electron chi connectivity index (χ3n) is 3.92. The summed E-state index contributed by atoms with van der Waals surface area (Å²) in [4.78, 5) is 12.4. The Morgan fingerprint density at radius 1 is 1.52 bits per heavy atom. The molecule has 0 spiro atoms. The van der Waals surface area contributed by atoms with E-state index in [0.29, 0.717) is 18.0 Å². The van der Waals surface area contributed by atoms with Crippen LogP contribution in [0.3, 0.4) is 0 Å². The highest BCUT2D eigenvalue weighted by molar-refractivity contribution is 5.93. The molecule has 132 valence electrons. The second-order valence-corrected chi connectivity index (χ2v) is 5.78. The lowest BCUT2D eigenvalue weighted by Crippen LogP contribution is -2.21. The van der Waals surface area contributed by atoms with Crippen molar-refractivity contribution in [3.8, 4) is 5.82 Å². The lowest BCUT2D eigenvalue weighted by Gasteiger charge is -2.11. The maximum atomic E-state index is 12.4. The van der Waals surface area contributed by atoms with Gasteiger partial charge in [-0.25, -0.2) is 10.1 Å². The standard InChI is InChI=1S/C15H20N8O2/c1-2-6-11-12(18-22-23(11)14-13(16)20-25-21-14)15(24)19-17-9-10-7-4-3-5-8-10/h3-4,9-10H,2,5-8H2,1H3,(H2,16,20)(H,19,24). The van der Waals surface area contributed by atoms with Crippen molar-refractivity contribution in [1.29, 1.82) is 0 Å². The van der Waals surface area contributed by atoms with Crippen LogP contribution >= 0.6 is 0 Å². The first kappa shape index (κ1) is 16.8. The molecule has 0 fully saturated rings. The van der Waals surface area contributed by atoms with Gasteiger partial charge in [-0.1, -0.05) is 30.7 Å². The molecular formula is C15H20N8O2. The Bertz CT molecular complexity index is 791. The van der Waals surface area contributed by atoms with Crippen LogP contribution < -0.4 is 11.2 Å². The van der Waals surface area contributed by atoms with Gasteiger partial charge in [0.05, 0.1) is 5.69 Å². The molecule has 1 aliphatic carbocycles. The number of nitrogen functional groups attached to an aromatic ring is 1. The number of hydrazone groups is 1. The summed E-state index contributed by atoms with van der Waals surface area (Å²) in [7, 11) is 0. The zero-order valence-corrected chi connectivity index (χ0v) is 13.9. The predicted molar refractivity (Wildman–Crippen MR) is 90.1 cm³/mol. The van der Waals surface area contributed by atoms with Crippen LogP contribution in [0.4, 0.5) is 5.82 Å². The molecule has 0 aromatic carbocycles. The Kier molecular flexibility index (Phi) is 5.17. The van der Waals surface area contributed by atoms with E-state index < -0.39 is 5.91 Å². The van der Waals surface area contributed by atoms with Gasteiger partial charge in [0, 0.05) is 6.21 Å². The number of hydrogen-bond donors (Lipinski definition) is 2. The molecule has 3 rings (SSSR count). The number of anilines is 1. The molecule has 1 unspecified atom stereocenters. The summed E-state index contributed by atoms with van der Waals surface area (Å²) in [6.07, 6.45) is 10.4. The van der Waals surface area contributed by atoms with Gasteiger partial charge in [0.2, 0.25) is 11.6 Å². The SMILES string of the molecule is CCCc1c(C(=O)NN=CC2CC=CCC2)nnn1-c1nonc1N. The average molecular weight is 344 g/mol. The molecule has 1 amide bonds. The Morgan fingerprint density at radius 2 is 2.40 bits per heavy atom. The fourth-order valence-electron chi connectivity index (χ4n) is 2.65. The van der Waals surface area contributed by atoms with Crippen molar-refractivity contribution < 1.29 is 9.42 Å². The van der Waals surface area contributed by atoms with Crippen LogP contribution in [-0.2, 0) is 6.42 Å². The van der Waals surface area contributed by atoms with Crippen molar-refractivity contribution in [2.45, 2.75) is 39.0 Å². The number of rotatable bonds is 6. The number of hydrogen-bond acceptors (Lipinski definition) is 8. The lowest BCUT2D eigenvalue weighted by molar-refractivity contribution is 0.0949. The average Bonchev–Trinajstić information content (AvgIpc) is 3.22. The van der Waals surface area contributed by atoms with Gasteiger partial charge < -0.3 is 5.73 Å². The highest BCUT2D eigenvalue weighted by atomic mass is 16.6. The zero-order valence-electron chi connectivity index (χ0n) is 13.9. The number of nitrogens with two attached hydrogens (primary N) is 1. The van der Waals surface area contributed by atoms with Crippen LogP contribution in [0.15, 0.2) is 21.9 Å². The zero-order chi connectivity index (χ0) is 17.6. The van der Waals surface area contributed by atoms with E-state index in [-0.39, 0.29) is 17.3 Å². The Morgan fingerprint density at radius 3 is 3.08 bits per heavy atom. The quantitative estimate of drug-likeness (QED) is 0.457. The number of aromatic nitrogens is 5. The van der Waals surface area contributed by atoms with E-state index in [4.69, 9.17) is 5.73 Å². The first-order valence-electron chi connectivity index (χ1n) is 8.22. The van der Waals surface area contributed by atoms with Crippen molar-refractivity contribution in [1.82, 2.24) is 30.7 Å². The molecule has 0 aliphatic heterocycles. The second kappa shape index (κ2) is 7.69. The molecular weight excluding hydrogens is 324 g/mol. The van der Waals surface area contributed by atoms with E-state index in [1.54, 1.807) is 6.21 Å². The van der Waals surface area contributed by atoms with Crippen molar-refractivity contribution in [2.24, 2.45) is 11.0 Å². The van der Waals surface area contributed by atoms with Crippen LogP contribution in [-0.4, -0.2) is 37.4 Å². The molecule has 25 heavy (non-hydrogen) atoms. The second-order valence-electron chi connectivity index (χ2n) is 5.78. The van der Waals surface area contributed by atoms with Gasteiger partial charge in [-0.2, -0.15) is 9.78 Å². The third kappa shape index (κ3) is 3.73. The van der Waals surface area contributed by atoms with Crippen LogP contribution in [0.1, 0.15) is 48.8 Å². The Hall–Kier alpha value is -3.04. The van der Waals surface area contributed by atoms with Gasteiger partial charge in [0.1, 0.15) is 0 Å². The molecule has 10 nitrogen and oxygen atoms in total. The molecule has 1 aliphatic rings. The molecule has 3 N–H and O–H groups in total. The lowest BCUT2D eigenvalue weighted by atomic mass is 9.96. The molecule has 2 heterocycles. The number of carbonyl (C=O) groups is 1. The smallest absolute Gasteiger partial charge is 0.293 e. The number of amides is 1. The van der Waals surface area contributed by atoms with Crippen molar-refractivity contribution in [3.63, 3.8) is 0 Å². The summed E-state index contributed by atoms with van der Waals surface area (Å²) in [6.45, 7) is 1.98. The van der Waals surface area contributed by atoms with Crippen molar-refractivity contribution in [3.05, 3.63) is 23.5 Å². The van der Waals surface area contributed by atoms with Gasteiger partial charge in [-0.15, -0.1) is 5.10 Å². The van der Waals surface area contributed by atoms with E-state index in [2.05, 4.69) is 47.9 Å². The normalized spacial score (nSPS) is 17.2. The van der Waals surface area contributed by atoms with Gasteiger partial charge in [-0.3, -0.25) is 4.79 Å². The molecule has 0 saturated heterocycles. The summed E-state index contributed by atoms with van der Waals surface area (Å²) < 4.78 is 5.97. The van der Waals surface area contributed by atoms with Gasteiger partial charge in [0.15, 0.2) is 5.69 Å². The van der Waals surface area contributed by atoms with E-state index in [1.807, 2.05) is 6.92 Å². The van der Waals surface area contributed by atoms with Crippen molar-refractivity contribution in [2.75, 3.05) is 5.73 Å². The predicted octanol–water partition coefficient (Wildman–Crippen LogP) is 1.26. The van der Waals surface area contributed by atoms with E-state index in [0.717, 1.165) is 25.7 Å². The third-order valence-corrected chi connectivity index (χ3v) is 3.92. The topological polar surface area (TPSA) is 137 Å². The largest absolute Gasteiger partial charge is 0.378 e. The molecule has 1 atom stereocenters. The summed E-state index contributed by atoms with van der Waals surface area (Å²) in [5.74, 6) is 0.217. The van der Waals surface area contributed by atoms with Gasteiger partial charge in [0.25, 0.3) is 5.91 Å². The van der Waals surface area contributed by atoms with Gasteiger partial charge in [-0.05, 0) is 41.9 Å². The number of carbonyl (C=O) groups excluding carboxylic acids is 1. The number of nitrogens with one attached hydrogen (secondary N) is 1. The number of nitrogens with zero attached hydrogens (tertiary/aromatic N) is 6. The molecule has 2 aromatic heterocycles. The van der Waals surface area contributed by atoms with E-state index in [9.17, 15) is 4.79 Å². The fraction of sp³-hybridized carbons (Fsp3) is 0.467. The highest BCUT2D eigenvalue weighted by Gasteiger charge is 2.23. The minimum Gasteiger partial charge on any atom is -0.378 e. The summed E-state index contributed by atoms with van der Waals surface area (Å²) >= 11 is 0. The van der Waals surface area contributed by atoms with Crippen LogP contribution in [0.5, 0.6) is 0 Å². The molecule has 0 radical (unpaired) electrons. The first-order chi connectivity index (χ1) is 12.2. The summed E-state index contributed by atoms with van der Waals surface area (Å²) in [6, 6.07) is 0. The minimum atomic E-state index is -0.424. The summed E-state index contributed by atoms with van der Waals surface area (Å²) in [5.41, 5.74) is 8.99. The van der Waals surface area contributed by atoms with Crippen molar-refractivity contribution >= 4 is 17.9 Å². The molecule has 2 aromatic rings. The van der Waals surface area contributed by atoms with E-state index in [1.165, 1.54) is 4.68 Å². The molecule has 0 bridgehead atoms. The van der Waals surface area contributed by atoms with E-state index >= 15 is 0 Å². The highest BCUT2D eigenvalue weighted by Crippen LogP contribution is 2.17.